The normalized spacial score (nSPS) is 26.3. The van der Waals surface area contributed by atoms with Crippen LogP contribution in [-0.4, -0.2) is 89.4 Å². The van der Waals surface area contributed by atoms with Gasteiger partial charge in [-0.1, -0.05) is 47.7 Å². The van der Waals surface area contributed by atoms with Crippen LogP contribution in [0.3, 0.4) is 0 Å². The van der Waals surface area contributed by atoms with Crippen LogP contribution in [0.25, 0.3) is 11.0 Å². The maximum Gasteiger partial charge on any atom is 0.248 e. The third kappa shape index (κ3) is 5.33. The molecule has 11 heteroatoms. The molecule has 1 spiro atoms. The summed E-state index contributed by atoms with van der Waals surface area (Å²) < 4.78 is 0.452. The molecule has 2 aromatic carbocycles. The molecular weight excluding hydrogens is 600 g/mol. The van der Waals surface area contributed by atoms with E-state index in [-0.39, 0.29) is 37.5 Å². The first-order valence-corrected chi connectivity index (χ1v) is 16.9. The number of hydrogen-bond donors (Lipinski definition) is 1. The summed E-state index contributed by atoms with van der Waals surface area (Å²) >= 11 is 1.67. The van der Waals surface area contributed by atoms with Crippen molar-refractivity contribution in [2.75, 3.05) is 31.1 Å². The fraction of sp³-hybridized carbons (Fsp3) is 0.457. The number of hydrogen-bond acceptors (Lipinski definition) is 7. The molecular formula is C35H42N6O4S. The lowest BCUT2D eigenvalue weighted by Gasteiger charge is -2.38. The van der Waals surface area contributed by atoms with Crippen molar-refractivity contribution in [1.29, 1.82) is 0 Å². The largest absolute Gasteiger partial charge is 0.396 e. The van der Waals surface area contributed by atoms with Crippen LogP contribution in [0.4, 0.5) is 5.69 Å². The van der Waals surface area contributed by atoms with Gasteiger partial charge in [-0.2, -0.15) is 0 Å². The third-order valence-corrected chi connectivity index (χ3v) is 11.9. The van der Waals surface area contributed by atoms with Crippen molar-refractivity contribution in [1.82, 2.24) is 24.8 Å². The highest BCUT2D eigenvalue weighted by Crippen LogP contribution is 2.71. The predicted molar refractivity (Wildman–Crippen MR) is 180 cm³/mol. The lowest BCUT2D eigenvalue weighted by Crippen LogP contribution is -2.55. The summed E-state index contributed by atoms with van der Waals surface area (Å²) in [7, 11) is 0. The van der Waals surface area contributed by atoms with E-state index in [1.54, 1.807) is 43.3 Å². The number of unbranched alkanes of at least 4 members (excludes halogenated alkanes) is 2. The van der Waals surface area contributed by atoms with Crippen LogP contribution in [0, 0.1) is 11.8 Å². The van der Waals surface area contributed by atoms with E-state index in [9.17, 15) is 19.5 Å². The Morgan fingerprint density at radius 2 is 1.76 bits per heavy atom. The Bertz CT molecular complexity index is 1630. The number of rotatable bonds is 14. The van der Waals surface area contributed by atoms with Gasteiger partial charge in [-0.15, -0.1) is 30.0 Å². The van der Waals surface area contributed by atoms with Gasteiger partial charge in [-0.25, -0.2) is 4.68 Å². The van der Waals surface area contributed by atoms with Crippen molar-refractivity contribution in [3.05, 3.63) is 79.9 Å². The van der Waals surface area contributed by atoms with Crippen molar-refractivity contribution in [2.45, 2.75) is 61.2 Å². The standard InChI is InChI=1S/C35H42N6O4S/c1-4-20-38(24-41-27-17-11-10-16-26(27)36-37-41)33(45)30-35-19-18-34(3,46-35)28(29(35)32(44)40(30)22-12-7-13-23-42)31(43)39(21-5-2)25-14-8-6-9-15-25/h4-6,8-11,14-17,28-30,42H,1-2,7,12-13,18-24H2,3H3/t28-,29+,30?,34+,35?/m1/s1. The number of para-hydroxylation sites is 2. The molecule has 242 valence electrons. The van der Waals surface area contributed by atoms with E-state index in [4.69, 9.17) is 0 Å². The highest BCUT2D eigenvalue weighted by molar-refractivity contribution is 8.02. The van der Waals surface area contributed by atoms with E-state index in [0.717, 1.165) is 29.6 Å². The molecule has 3 fully saturated rings. The van der Waals surface area contributed by atoms with Crippen molar-refractivity contribution in [3.8, 4) is 0 Å². The topological polar surface area (TPSA) is 112 Å². The predicted octanol–water partition coefficient (Wildman–Crippen LogP) is 4.27. The minimum absolute atomic E-state index is 0.0747. The summed E-state index contributed by atoms with van der Waals surface area (Å²) in [6.07, 6.45) is 6.80. The van der Waals surface area contributed by atoms with Crippen LogP contribution in [0.15, 0.2) is 79.9 Å². The van der Waals surface area contributed by atoms with Gasteiger partial charge >= 0.3 is 0 Å². The van der Waals surface area contributed by atoms with E-state index in [2.05, 4.69) is 30.4 Å². The zero-order chi connectivity index (χ0) is 32.5. The average Bonchev–Trinajstić information content (AvgIpc) is 3.77. The smallest absolute Gasteiger partial charge is 0.248 e. The molecule has 2 unspecified atom stereocenters. The number of fused-ring (bicyclic) bond motifs is 2. The lowest BCUT2D eigenvalue weighted by atomic mass is 9.66. The minimum atomic E-state index is -0.749. The highest BCUT2D eigenvalue weighted by Gasteiger charge is 2.77. The van der Waals surface area contributed by atoms with Gasteiger partial charge < -0.3 is 19.8 Å². The first kappa shape index (κ1) is 32.0. The third-order valence-electron chi connectivity index (χ3n) is 9.87. The molecule has 3 saturated heterocycles. The van der Waals surface area contributed by atoms with Gasteiger partial charge in [0.25, 0.3) is 0 Å². The Kier molecular flexibility index (Phi) is 9.07. The van der Waals surface area contributed by atoms with Crippen LogP contribution < -0.4 is 4.90 Å². The van der Waals surface area contributed by atoms with E-state index in [0.29, 0.717) is 32.4 Å². The number of aliphatic hydroxyl groups excluding tert-OH is 1. The average molecular weight is 643 g/mol. The molecule has 10 nitrogen and oxygen atoms in total. The maximum atomic E-state index is 14.9. The molecule has 1 N–H and O–H groups in total. The number of benzene rings is 2. The zero-order valence-corrected chi connectivity index (χ0v) is 27.1. The summed E-state index contributed by atoms with van der Waals surface area (Å²) in [4.78, 5) is 49.3. The maximum absolute atomic E-state index is 14.9. The van der Waals surface area contributed by atoms with Gasteiger partial charge in [0.2, 0.25) is 17.7 Å². The Labute approximate surface area is 274 Å². The summed E-state index contributed by atoms with van der Waals surface area (Å²) in [5.41, 5.74) is 2.30. The zero-order valence-electron chi connectivity index (χ0n) is 26.3. The number of likely N-dealkylation sites (tertiary alicyclic amines) is 1. The fourth-order valence-electron chi connectivity index (χ4n) is 7.85. The molecule has 3 aromatic rings. The Morgan fingerprint density at radius 1 is 1.02 bits per heavy atom. The molecule has 3 aliphatic heterocycles. The molecule has 5 atom stereocenters. The first-order chi connectivity index (χ1) is 22.3. The Hall–Kier alpha value is -3.96. The second-order valence-electron chi connectivity index (χ2n) is 12.7. The van der Waals surface area contributed by atoms with E-state index >= 15 is 0 Å². The van der Waals surface area contributed by atoms with Gasteiger partial charge in [-0.3, -0.25) is 14.4 Å². The van der Waals surface area contributed by atoms with E-state index < -0.39 is 27.4 Å². The number of aromatic nitrogens is 3. The second-order valence-corrected chi connectivity index (χ2v) is 14.6. The molecule has 6 rings (SSSR count). The van der Waals surface area contributed by atoms with Gasteiger partial charge in [0.1, 0.15) is 18.2 Å². The van der Waals surface area contributed by atoms with Crippen molar-refractivity contribution in [2.24, 2.45) is 11.8 Å². The molecule has 3 amide bonds. The molecule has 0 aliphatic carbocycles. The summed E-state index contributed by atoms with van der Waals surface area (Å²) in [5.74, 6) is -1.64. The number of carbonyl (C=O) groups is 3. The number of nitrogens with zero attached hydrogens (tertiary/aromatic N) is 6. The van der Waals surface area contributed by atoms with E-state index in [1.807, 2.05) is 54.6 Å². The number of anilines is 1. The van der Waals surface area contributed by atoms with Crippen LogP contribution in [-0.2, 0) is 21.1 Å². The highest BCUT2D eigenvalue weighted by atomic mass is 32.2. The Morgan fingerprint density at radius 3 is 2.50 bits per heavy atom. The number of thioether (sulfide) groups is 1. The van der Waals surface area contributed by atoms with Gasteiger partial charge in [0.15, 0.2) is 0 Å². The molecule has 1 aromatic heterocycles. The second kappa shape index (κ2) is 13.0. The van der Waals surface area contributed by atoms with Crippen LogP contribution in [0.1, 0.15) is 39.0 Å². The van der Waals surface area contributed by atoms with Crippen LogP contribution in [0.5, 0.6) is 0 Å². The fourth-order valence-corrected chi connectivity index (χ4v) is 10.2. The molecule has 3 aliphatic rings. The molecule has 2 bridgehead atoms. The molecule has 46 heavy (non-hydrogen) atoms. The SMILES string of the molecule is C=CCN(Cn1nnc2ccccc21)C(=O)C1N(CCCCCO)C(=O)[C@@H]2[C@H](C(=O)N(CC=C)c3ccccc3)[C@]3(C)CCC12S3. The van der Waals surface area contributed by atoms with Gasteiger partial charge in [0, 0.05) is 36.7 Å². The molecule has 4 heterocycles. The summed E-state index contributed by atoms with van der Waals surface area (Å²) in [6.45, 7) is 11.1. The quantitative estimate of drug-likeness (QED) is 0.207. The monoisotopic (exact) mass is 642 g/mol. The number of amides is 3. The summed E-state index contributed by atoms with van der Waals surface area (Å²) in [6, 6.07) is 16.4. The van der Waals surface area contributed by atoms with E-state index in [1.165, 1.54) is 0 Å². The number of carbonyl (C=O) groups excluding carboxylic acids is 3. The summed E-state index contributed by atoms with van der Waals surface area (Å²) in [5, 5.41) is 18.0. The van der Waals surface area contributed by atoms with Gasteiger partial charge in [-0.05, 0) is 63.3 Å². The first-order valence-electron chi connectivity index (χ1n) is 16.1. The van der Waals surface area contributed by atoms with Crippen LogP contribution >= 0.6 is 11.8 Å². The van der Waals surface area contributed by atoms with Crippen molar-refractivity contribution >= 4 is 46.2 Å². The molecule has 0 radical (unpaired) electrons. The van der Waals surface area contributed by atoms with Gasteiger partial charge in [0.05, 0.1) is 22.1 Å². The molecule has 0 saturated carbocycles. The Balaban J connectivity index is 1.38. The lowest BCUT2D eigenvalue weighted by molar-refractivity contribution is -0.143. The van der Waals surface area contributed by atoms with Crippen LogP contribution in [0.2, 0.25) is 0 Å². The minimum Gasteiger partial charge on any atom is -0.396 e. The van der Waals surface area contributed by atoms with Crippen molar-refractivity contribution in [3.63, 3.8) is 0 Å². The van der Waals surface area contributed by atoms with Crippen molar-refractivity contribution < 1.29 is 19.5 Å². The number of aliphatic hydroxyl groups is 1.